The molecule has 1 aliphatic heterocycles. The van der Waals surface area contributed by atoms with Crippen molar-refractivity contribution in [3.8, 4) is 5.75 Å². The highest BCUT2D eigenvalue weighted by atomic mass is 32.2. The topological polar surface area (TPSA) is 63.7 Å². The quantitative estimate of drug-likeness (QED) is 0.745. The lowest BCUT2D eigenvalue weighted by molar-refractivity contribution is -0.118. The van der Waals surface area contributed by atoms with Gasteiger partial charge in [0.25, 0.3) is 0 Å². The van der Waals surface area contributed by atoms with Crippen molar-refractivity contribution in [1.82, 2.24) is 0 Å². The van der Waals surface area contributed by atoms with Gasteiger partial charge in [0, 0.05) is 11.1 Å². The first-order valence-electron chi connectivity index (χ1n) is 9.30. The molecule has 0 aromatic heterocycles. The molecule has 0 bridgehead atoms. The van der Waals surface area contributed by atoms with Crippen LogP contribution in [0.1, 0.15) is 23.6 Å². The molecule has 0 N–H and O–H groups in total. The fraction of sp³-hybridized carbons (Fsp3) is 0.318. The summed E-state index contributed by atoms with van der Waals surface area (Å²) in [6, 6.07) is 12.8. The molecule has 2 aromatic carbocycles. The number of carbonyl (C=O) groups is 1. The number of carbonyl (C=O) groups excluding carboxylic acids is 1. The average molecular weight is 400 g/mol. The van der Waals surface area contributed by atoms with E-state index in [9.17, 15) is 13.2 Å². The molecule has 5 nitrogen and oxygen atoms in total. The molecule has 1 heterocycles. The molecule has 0 radical (unpaired) electrons. The molecule has 6 heteroatoms. The second kappa shape index (κ2) is 8.19. The molecular formula is C22H25NO4S. The molecule has 1 aliphatic rings. The van der Waals surface area contributed by atoms with Crippen LogP contribution in [-0.2, 0) is 21.1 Å². The van der Waals surface area contributed by atoms with Crippen molar-refractivity contribution in [2.75, 3.05) is 17.3 Å². The van der Waals surface area contributed by atoms with Gasteiger partial charge in [0.15, 0.2) is 9.84 Å². The number of anilines is 1. The normalized spacial score (nSPS) is 17.5. The molecule has 0 fully saturated rings. The predicted octanol–water partition coefficient (Wildman–Crippen LogP) is 3.59. The summed E-state index contributed by atoms with van der Waals surface area (Å²) in [5.74, 6) is 0.533. The van der Waals surface area contributed by atoms with Gasteiger partial charge in [-0.25, -0.2) is 8.42 Å². The van der Waals surface area contributed by atoms with Crippen molar-refractivity contribution in [2.45, 2.75) is 33.2 Å². The summed E-state index contributed by atoms with van der Waals surface area (Å²) in [5, 5.41) is 1.21. The van der Waals surface area contributed by atoms with Gasteiger partial charge in [-0.05, 0) is 67.8 Å². The zero-order valence-electron chi connectivity index (χ0n) is 16.4. The summed E-state index contributed by atoms with van der Waals surface area (Å²) in [6.07, 6.45) is 1.78. The van der Waals surface area contributed by atoms with Crippen LogP contribution in [0.2, 0.25) is 0 Å². The number of aryl methyl sites for hydroxylation is 2. The lowest BCUT2D eigenvalue weighted by atomic mass is 10.1. The van der Waals surface area contributed by atoms with Gasteiger partial charge in [0.1, 0.15) is 5.75 Å². The summed E-state index contributed by atoms with van der Waals surface area (Å²) in [5.41, 5.74) is 3.63. The Morgan fingerprint density at radius 1 is 1.11 bits per heavy atom. The van der Waals surface area contributed by atoms with Crippen LogP contribution in [-0.4, -0.2) is 32.7 Å². The van der Waals surface area contributed by atoms with E-state index < -0.39 is 15.9 Å². The zero-order valence-corrected chi connectivity index (χ0v) is 17.2. The fourth-order valence-electron chi connectivity index (χ4n) is 3.46. The zero-order chi connectivity index (χ0) is 20.3. The molecule has 148 valence electrons. The maximum absolute atomic E-state index is 13.2. The number of hydrogen-bond donors (Lipinski definition) is 0. The average Bonchev–Trinajstić information content (AvgIpc) is 2.95. The van der Waals surface area contributed by atoms with E-state index in [1.807, 2.05) is 63.2 Å². The van der Waals surface area contributed by atoms with Gasteiger partial charge in [-0.3, -0.25) is 4.79 Å². The van der Waals surface area contributed by atoms with Gasteiger partial charge in [-0.15, -0.1) is 0 Å². The lowest BCUT2D eigenvalue weighted by Gasteiger charge is -2.28. The van der Waals surface area contributed by atoms with Crippen LogP contribution in [0.25, 0.3) is 0 Å². The van der Waals surface area contributed by atoms with E-state index >= 15 is 0 Å². The highest BCUT2D eigenvalue weighted by molar-refractivity contribution is 7.94. The number of rotatable bonds is 6. The van der Waals surface area contributed by atoms with Gasteiger partial charge in [0.2, 0.25) is 5.91 Å². The minimum Gasteiger partial charge on any atom is -0.494 e. The second-order valence-electron chi connectivity index (χ2n) is 7.09. The van der Waals surface area contributed by atoms with Crippen molar-refractivity contribution < 1.29 is 17.9 Å². The Morgan fingerprint density at radius 3 is 2.29 bits per heavy atom. The molecular weight excluding hydrogens is 374 g/mol. The van der Waals surface area contributed by atoms with E-state index in [0.717, 1.165) is 28.1 Å². The summed E-state index contributed by atoms with van der Waals surface area (Å²) in [7, 11) is -3.28. The van der Waals surface area contributed by atoms with Gasteiger partial charge in [0.05, 0.1) is 24.8 Å². The Labute approximate surface area is 166 Å². The first-order valence-corrected chi connectivity index (χ1v) is 11.0. The lowest BCUT2D eigenvalue weighted by Crippen LogP contribution is -2.42. The summed E-state index contributed by atoms with van der Waals surface area (Å²) in [4.78, 5) is 14.8. The third kappa shape index (κ3) is 4.81. The van der Waals surface area contributed by atoms with Crippen molar-refractivity contribution in [3.05, 3.63) is 70.6 Å². The Kier molecular flexibility index (Phi) is 5.89. The standard InChI is InChI=1S/C22H25NO4S/c1-4-27-21-7-5-18(6-8-21)14-22(24)23(19-9-10-28(25,26)15-19)20-12-16(2)11-17(3)13-20/h5-13,19H,4,14-15H2,1-3H3/t19-/m0/s1. The number of benzene rings is 2. The fourth-order valence-corrected chi connectivity index (χ4v) is 4.73. The number of hydrogen-bond acceptors (Lipinski definition) is 4. The maximum Gasteiger partial charge on any atom is 0.231 e. The highest BCUT2D eigenvalue weighted by Gasteiger charge is 2.31. The van der Waals surface area contributed by atoms with Crippen LogP contribution in [0.15, 0.2) is 53.9 Å². The molecule has 0 saturated heterocycles. The van der Waals surface area contributed by atoms with Crippen molar-refractivity contribution in [1.29, 1.82) is 0 Å². The maximum atomic E-state index is 13.2. The summed E-state index contributed by atoms with van der Waals surface area (Å²) < 4.78 is 29.3. The Morgan fingerprint density at radius 2 is 1.75 bits per heavy atom. The number of ether oxygens (including phenoxy) is 1. The summed E-state index contributed by atoms with van der Waals surface area (Å²) >= 11 is 0. The molecule has 0 saturated carbocycles. The number of amides is 1. The van der Waals surface area contributed by atoms with Crippen LogP contribution < -0.4 is 9.64 Å². The number of sulfone groups is 1. The smallest absolute Gasteiger partial charge is 0.231 e. The molecule has 0 spiro atoms. The van der Waals surface area contributed by atoms with Crippen molar-refractivity contribution in [2.24, 2.45) is 0 Å². The number of nitrogens with zero attached hydrogens (tertiary/aromatic N) is 1. The van der Waals surface area contributed by atoms with Crippen LogP contribution >= 0.6 is 0 Å². The molecule has 0 aliphatic carbocycles. The molecule has 28 heavy (non-hydrogen) atoms. The molecule has 1 atom stereocenters. The van der Waals surface area contributed by atoms with Crippen LogP contribution in [0.5, 0.6) is 5.75 Å². The van der Waals surface area contributed by atoms with Crippen molar-refractivity contribution in [3.63, 3.8) is 0 Å². The monoisotopic (exact) mass is 399 g/mol. The van der Waals surface area contributed by atoms with E-state index in [1.54, 1.807) is 11.0 Å². The Bertz CT molecular complexity index is 973. The largest absolute Gasteiger partial charge is 0.494 e. The first-order chi connectivity index (χ1) is 13.3. The molecule has 3 rings (SSSR count). The van der Waals surface area contributed by atoms with Gasteiger partial charge in [-0.1, -0.05) is 18.2 Å². The second-order valence-corrected chi connectivity index (χ2v) is 9.02. The third-order valence-electron chi connectivity index (χ3n) is 4.59. The Hall–Kier alpha value is -2.60. The van der Waals surface area contributed by atoms with Crippen LogP contribution in [0.3, 0.4) is 0 Å². The van der Waals surface area contributed by atoms with E-state index in [0.29, 0.717) is 6.61 Å². The van der Waals surface area contributed by atoms with Gasteiger partial charge in [-0.2, -0.15) is 0 Å². The minimum absolute atomic E-state index is 0.0883. The Balaban J connectivity index is 1.89. The van der Waals surface area contributed by atoms with E-state index in [-0.39, 0.29) is 18.1 Å². The third-order valence-corrected chi connectivity index (χ3v) is 5.96. The first kappa shape index (κ1) is 20.1. The molecule has 2 aromatic rings. The van der Waals surface area contributed by atoms with Crippen molar-refractivity contribution >= 4 is 21.4 Å². The SMILES string of the molecule is CCOc1ccc(CC(=O)N(c2cc(C)cc(C)c2)[C@H]2C=CS(=O)(=O)C2)cc1. The molecule has 1 amide bonds. The minimum atomic E-state index is -3.28. The molecule has 0 unspecified atom stereocenters. The van der Waals surface area contributed by atoms with Crippen LogP contribution in [0, 0.1) is 13.8 Å². The summed E-state index contributed by atoms with van der Waals surface area (Å²) in [6.45, 7) is 6.43. The van der Waals surface area contributed by atoms with E-state index in [2.05, 4.69) is 0 Å². The van der Waals surface area contributed by atoms with Gasteiger partial charge < -0.3 is 9.64 Å². The van der Waals surface area contributed by atoms with Gasteiger partial charge >= 0.3 is 0 Å². The highest BCUT2D eigenvalue weighted by Crippen LogP contribution is 2.26. The van der Waals surface area contributed by atoms with Crippen LogP contribution in [0.4, 0.5) is 5.69 Å². The van der Waals surface area contributed by atoms with E-state index in [1.165, 1.54) is 5.41 Å². The predicted molar refractivity (Wildman–Crippen MR) is 111 cm³/mol. The van der Waals surface area contributed by atoms with E-state index in [4.69, 9.17) is 4.74 Å².